The highest BCUT2D eigenvalue weighted by Gasteiger charge is 2.14. The summed E-state index contributed by atoms with van der Waals surface area (Å²) in [4.78, 5) is 14.6. The zero-order chi connectivity index (χ0) is 9.26. The van der Waals surface area contributed by atoms with E-state index in [0.29, 0.717) is 10.7 Å². The van der Waals surface area contributed by atoms with Crippen LogP contribution in [0.3, 0.4) is 0 Å². The number of nitrogens with one attached hydrogen (secondary N) is 1. The van der Waals surface area contributed by atoms with Gasteiger partial charge in [0.2, 0.25) is 0 Å². The van der Waals surface area contributed by atoms with Crippen LogP contribution in [0.25, 0.3) is 5.69 Å². The fourth-order valence-corrected chi connectivity index (χ4v) is 1.11. The second-order valence-corrected chi connectivity index (χ2v) is 2.75. The molecule has 0 aliphatic carbocycles. The van der Waals surface area contributed by atoms with Crippen molar-refractivity contribution < 1.29 is 9.20 Å². The third-order valence-corrected chi connectivity index (χ3v) is 1.81. The highest BCUT2D eigenvalue weighted by molar-refractivity contribution is 6.32. The predicted octanol–water partition coefficient (Wildman–Crippen LogP) is 0.293. The first-order chi connectivity index (χ1) is 6.27. The van der Waals surface area contributed by atoms with Gasteiger partial charge in [0.05, 0.1) is 0 Å². The summed E-state index contributed by atoms with van der Waals surface area (Å²) in [6.07, 6.45) is 4.32. The Hall–Kier alpha value is -1.62. The van der Waals surface area contributed by atoms with Crippen molar-refractivity contribution in [2.75, 3.05) is 0 Å². The van der Waals surface area contributed by atoms with Crippen LogP contribution in [0.1, 0.15) is 0 Å². The maximum absolute atomic E-state index is 10.7. The van der Waals surface area contributed by atoms with Crippen molar-refractivity contribution in [3.05, 3.63) is 40.1 Å². The van der Waals surface area contributed by atoms with Gasteiger partial charge in [-0.15, -0.1) is 0 Å². The van der Waals surface area contributed by atoms with Gasteiger partial charge in [0.15, 0.2) is 0 Å². The summed E-state index contributed by atoms with van der Waals surface area (Å²) in [6.45, 7) is 0. The average molecular weight is 199 g/mol. The van der Waals surface area contributed by atoms with E-state index in [4.69, 9.17) is 11.6 Å². The molecule has 0 saturated carbocycles. The van der Waals surface area contributed by atoms with Gasteiger partial charge in [-0.2, -0.15) is 0 Å². The molecule has 0 atom stereocenters. The van der Waals surface area contributed by atoms with Gasteiger partial charge < -0.3 is 0 Å². The molecule has 2 heterocycles. The Labute approximate surface area is 77.5 Å². The van der Waals surface area contributed by atoms with E-state index in [1.165, 1.54) is 17.1 Å². The zero-order valence-electron chi connectivity index (χ0n) is 6.40. The van der Waals surface area contributed by atoms with Crippen LogP contribution in [-0.4, -0.2) is 10.3 Å². The Balaban J connectivity index is 2.58. The topological polar surface area (TPSA) is 62.8 Å². The van der Waals surface area contributed by atoms with Gasteiger partial charge in [0.1, 0.15) is 11.2 Å². The van der Waals surface area contributed by atoms with E-state index < -0.39 is 5.63 Å². The van der Waals surface area contributed by atoms with Gasteiger partial charge in [-0.05, 0) is 16.0 Å². The van der Waals surface area contributed by atoms with Crippen LogP contribution in [0.5, 0.6) is 0 Å². The molecular formula is C7H5ClN3O2+. The smallest absolute Gasteiger partial charge is 0.283 e. The summed E-state index contributed by atoms with van der Waals surface area (Å²) in [5, 5.41) is 2.85. The minimum Gasteiger partial charge on any atom is -0.283 e. The standard InChI is InChI=1S/C7H4ClN3O2/c8-5-1-2-9-3-6(5)11-4-7(12)13-10-11/h1-4H/p+1. The quantitative estimate of drug-likeness (QED) is 0.670. The molecular weight excluding hydrogens is 194 g/mol. The lowest BCUT2D eigenvalue weighted by molar-refractivity contribution is -0.670. The molecule has 2 aromatic heterocycles. The number of pyridine rings is 1. The van der Waals surface area contributed by atoms with E-state index in [-0.39, 0.29) is 0 Å². The van der Waals surface area contributed by atoms with Crippen molar-refractivity contribution in [1.29, 1.82) is 0 Å². The Morgan fingerprint density at radius 3 is 3.08 bits per heavy atom. The number of hydrogen-bond donors (Lipinski definition) is 1. The van der Waals surface area contributed by atoms with Crippen molar-refractivity contribution in [3.8, 4) is 5.69 Å². The van der Waals surface area contributed by atoms with Crippen LogP contribution in [-0.2, 0) is 0 Å². The molecule has 0 spiro atoms. The number of rotatable bonds is 1. The van der Waals surface area contributed by atoms with Gasteiger partial charge in [-0.25, -0.2) is 4.79 Å². The van der Waals surface area contributed by atoms with E-state index in [9.17, 15) is 4.79 Å². The molecule has 0 aliphatic rings. The van der Waals surface area contributed by atoms with Crippen molar-refractivity contribution >= 4 is 11.6 Å². The third kappa shape index (κ3) is 1.46. The minimum absolute atomic E-state index is 0.472. The monoisotopic (exact) mass is 198 g/mol. The predicted molar refractivity (Wildman–Crippen MR) is 43.7 cm³/mol. The SMILES string of the molecule is O=c1c[n+](-c2cnccc2Cl)[nH]o1. The molecule has 0 aromatic carbocycles. The second-order valence-electron chi connectivity index (χ2n) is 2.34. The van der Waals surface area contributed by atoms with Gasteiger partial charge in [0, 0.05) is 6.20 Å². The highest BCUT2D eigenvalue weighted by Crippen LogP contribution is 2.11. The molecule has 0 unspecified atom stereocenters. The second kappa shape index (κ2) is 3.02. The fraction of sp³-hybridized carbons (Fsp3) is 0. The number of halogens is 1. The molecule has 13 heavy (non-hydrogen) atoms. The molecule has 2 aromatic rings. The third-order valence-electron chi connectivity index (χ3n) is 1.49. The summed E-state index contributed by atoms with van der Waals surface area (Å²) in [5.41, 5.74) is 0.0925. The first-order valence-corrected chi connectivity index (χ1v) is 3.85. The number of H-pyrrole nitrogens is 1. The van der Waals surface area contributed by atoms with Crippen LogP contribution in [0.2, 0.25) is 5.02 Å². The van der Waals surface area contributed by atoms with Crippen LogP contribution < -0.4 is 10.3 Å². The molecule has 0 bridgehead atoms. The summed E-state index contributed by atoms with van der Waals surface area (Å²) in [6, 6.07) is 1.62. The number of aromatic nitrogens is 3. The Morgan fingerprint density at radius 2 is 2.46 bits per heavy atom. The summed E-state index contributed by atoms with van der Waals surface area (Å²) >= 11 is 5.84. The molecule has 0 radical (unpaired) electrons. The lowest BCUT2D eigenvalue weighted by atomic mass is 10.4. The van der Waals surface area contributed by atoms with Gasteiger partial charge >= 0.3 is 5.63 Å². The Kier molecular flexibility index (Phi) is 1.86. The van der Waals surface area contributed by atoms with Crippen LogP contribution in [0, 0.1) is 0 Å². The lowest BCUT2D eigenvalue weighted by Gasteiger charge is -1.89. The summed E-state index contributed by atoms with van der Waals surface area (Å²) in [5.74, 6) is 0. The van der Waals surface area contributed by atoms with Crippen LogP contribution in [0.15, 0.2) is 34.0 Å². The van der Waals surface area contributed by atoms with E-state index in [2.05, 4.69) is 14.8 Å². The van der Waals surface area contributed by atoms with E-state index in [1.54, 1.807) is 12.3 Å². The number of hydrogen-bond acceptors (Lipinski definition) is 3. The maximum Gasteiger partial charge on any atom is 0.427 e. The van der Waals surface area contributed by atoms with Crippen molar-refractivity contribution in [2.45, 2.75) is 0 Å². The molecule has 6 heteroatoms. The molecule has 0 amide bonds. The molecule has 0 saturated heterocycles. The van der Waals surface area contributed by atoms with E-state index in [1.807, 2.05) is 0 Å². The number of aromatic amines is 1. The zero-order valence-corrected chi connectivity index (χ0v) is 7.15. The average Bonchev–Trinajstić information content (AvgIpc) is 2.53. The highest BCUT2D eigenvalue weighted by atomic mass is 35.5. The Morgan fingerprint density at radius 1 is 1.62 bits per heavy atom. The van der Waals surface area contributed by atoms with Gasteiger partial charge in [-0.1, -0.05) is 11.6 Å². The molecule has 5 nitrogen and oxygen atoms in total. The summed E-state index contributed by atoms with van der Waals surface area (Å²) in [7, 11) is 0. The molecule has 0 fully saturated rings. The molecule has 0 aliphatic heterocycles. The Bertz CT molecular complexity index is 476. The molecule has 66 valence electrons. The first-order valence-electron chi connectivity index (χ1n) is 3.47. The van der Waals surface area contributed by atoms with E-state index >= 15 is 0 Å². The summed E-state index contributed by atoms with van der Waals surface area (Å²) < 4.78 is 5.83. The van der Waals surface area contributed by atoms with Crippen LogP contribution in [0.4, 0.5) is 0 Å². The van der Waals surface area contributed by atoms with Crippen LogP contribution >= 0.6 is 11.6 Å². The number of nitrogens with zero attached hydrogens (tertiary/aromatic N) is 2. The van der Waals surface area contributed by atoms with Crippen molar-refractivity contribution in [1.82, 2.24) is 10.3 Å². The first kappa shape index (κ1) is 8.00. The fourth-order valence-electron chi connectivity index (χ4n) is 0.917. The molecule has 1 N–H and O–H groups in total. The normalized spacial score (nSPS) is 10.2. The minimum atomic E-state index is -0.472. The van der Waals surface area contributed by atoms with Gasteiger partial charge in [-0.3, -0.25) is 9.51 Å². The lowest BCUT2D eigenvalue weighted by Crippen LogP contribution is -2.32. The van der Waals surface area contributed by atoms with Crippen molar-refractivity contribution in [3.63, 3.8) is 0 Å². The maximum atomic E-state index is 10.7. The largest absolute Gasteiger partial charge is 0.427 e. The van der Waals surface area contributed by atoms with Crippen molar-refractivity contribution in [2.24, 2.45) is 0 Å². The molecule has 2 rings (SSSR count). The van der Waals surface area contributed by atoms with E-state index in [0.717, 1.165) is 0 Å². The van der Waals surface area contributed by atoms with Gasteiger partial charge in [0.25, 0.3) is 11.9 Å².